The molecule has 0 aromatic carbocycles. The van der Waals surface area contributed by atoms with Gasteiger partial charge in [0.1, 0.15) is 6.67 Å². The average molecular weight is 381 g/mol. The van der Waals surface area contributed by atoms with E-state index in [1.165, 1.54) is 37.8 Å². The SMILES string of the molecule is CC[C@H]1C=C2C[C@H](O)CC[C@]2(C)[C@H]2CC[C@]3(C)C(N4C=CC=NC4)=CC[C@H]3[C@H]12. The Labute approximate surface area is 170 Å². The molecule has 152 valence electrons. The molecule has 1 heterocycles. The van der Waals surface area contributed by atoms with Gasteiger partial charge in [0.2, 0.25) is 0 Å². The molecule has 0 spiro atoms. The van der Waals surface area contributed by atoms with Crippen molar-refractivity contribution in [1.82, 2.24) is 4.90 Å². The van der Waals surface area contributed by atoms with Crippen LogP contribution in [0.25, 0.3) is 0 Å². The molecule has 7 atom stereocenters. The van der Waals surface area contributed by atoms with Crippen molar-refractivity contribution < 1.29 is 5.11 Å². The van der Waals surface area contributed by atoms with Gasteiger partial charge in [-0.05, 0) is 80.1 Å². The van der Waals surface area contributed by atoms with E-state index >= 15 is 0 Å². The molecule has 0 saturated heterocycles. The second-order valence-electron chi connectivity index (χ2n) is 10.4. The number of aliphatic imine (C=N–C) groups is 1. The molecule has 2 fully saturated rings. The van der Waals surface area contributed by atoms with E-state index in [0.29, 0.717) is 11.3 Å². The van der Waals surface area contributed by atoms with Crippen LogP contribution in [-0.2, 0) is 0 Å². The highest BCUT2D eigenvalue weighted by Crippen LogP contribution is 2.66. The second-order valence-corrected chi connectivity index (χ2v) is 10.4. The van der Waals surface area contributed by atoms with Crippen LogP contribution in [0.2, 0.25) is 0 Å². The molecule has 3 heteroatoms. The maximum absolute atomic E-state index is 10.3. The number of rotatable bonds is 2. The van der Waals surface area contributed by atoms with Crippen molar-refractivity contribution in [2.24, 2.45) is 39.5 Å². The fourth-order valence-electron chi connectivity index (χ4n) is 7.73. The third-order valence-electron chi connectivity index (χ3n) is 9.26. The molecule has 0 amide bonds. The Bertz CT molecular complexity index is 765. The summed E-state index contributed by atoms with van der Waals surface area (Å²) >= 11 is 0. The zero-order valence-corrected chi connectivity index (χ0v) is 17.8. The molecule has 5 rings (SSSR count). The number of aliphatic hydroxyl groups excluding tert-OH is 1. The molecular weight excluding hydrogens is 344 g/mol. The van der Waals surface area contributed by atoms with Crippen LogP contribution in [0.1, 0.15) is 65.7 Å². The molecule has 0 bridgehead atoms. The molecular formula is C25H36N2O. The Morgan fingerprint density at radius 2 is 2.00 bits per heavy atom. The van der Waals surface area contributed by atoms with Crippen molar-refractivity contribution >= 4 is 6.21 Å². The van der Waals surface area contributed by atoms with Crippen LogP contribution in [0.3, 0.4) is 0 Å². The first-order valence-electron chi connectivity index (χ1n) is 11.5. The fraction of sp³-hybridized carbons (Fsp3) is 0.720. The molecule has 1 aliphatic heterocycles. The number of aliphatic hydroxyl groups is 1. The minimum atomic E-state index is -0.117. The predicted octanol–water partition coefficient (Wildman–Crippen LogP) is 5.30. The van der Waals surface area contributed by atoms with Gasteiger partial charge in [0.25, 0.3) is 0 Å². The minimum Gasteiger partial charge on any atom is -0.393 e. The molecule has 0 unspecified atom stereocenters. The zero-order valence-electron chi connectivity index (χ0n) is 17.8. The lowest BCUT2D eigenvalue weighted by molar-refractivity contribution is -0.0561. The molecule has 4 aliphatic carbocycles. The quantitative estimate of drug-likeness (QED) is 0.660. The predicted molar refractivity (Wildman–Crippen MR) is 115 cm³/mol. The van der Waals surface area contributed by atoms with Crippen LogP contribution in [-0.4, -0.2) is 29.0 Å². The van der Waals surface area contributed by atoms with Gasteiger partial charge >= 0.3 is 0 Å². The summed E-state index contributed by atoms with van der Waals surface area (Å²) in [6.45, 7) is 8.22. The Morgan fingerprint density at radius 1 is 1.18 bits per heavy atom. The van der Waals surface area contributed by atoms with Gasteiger partial charge in [-0.2, -0.15) is 0 Å². The zero-order chi connectivity index (χ0) is 19.5. The number of nitrogens with zero attached hydrogens (tertiary/aromatic N) is 2. The van der Waals surface area contributed by atoms with Gasteiger partial charge in [0.15, 0.2) is 0 Å². The summed E-state index contributed by atoms with van der Waals surface area (Å²) < 4.78 is 0. The third kappa shape index (κ3) is 2.54. The van der Waals surface area contributed by atoms with E-state index < -0.39 is 0 Å². The monoisotopic (exact) mass is 380 g/mol. The Kier molecular flexibility index (Phi) is 4.39. The highest BCUT2D eigenvalue weighted by molar-refractivity contribution is 5.71. The largest absolute Gasteiger partial charge is 0.393 e. The summed E-state index contributed by atoms with van der Waals surface area (Å²) in [6, 6.07) is 0. The average Bonchev–Trinajstić information content (AvgIpc) is 3.06. The molecule has 0 aromatic heterocycles. The highest BCUT2D eigenvalue weighted by atomic mass is 16.3. The number of hydrogen-bond acceptors (Lipinski definition) is 3. The minimum absolute atomic E-state index is 0.117. The lowest BCUT2D eigenvalue weighted by Gasteiger charge is -2.60. The summed E-state index contributed by atoms with van der Waals surface area (Å²) in [5.74, 6) is 2.97. The lowest BCUT2D eigenvalue weighted by Crippen LogP contribution is -2.53. The molecule has 1 N–H and O–H groups in total. The van der Waals surface area contributed by atoms with Gasteiger partial charge in [-0.3, -0.25) is 4.99 Å². The van der Waals surface area contributed by atoms with Crippen molar-refractivity contribution in [2.75, 3.05) is 6.67 Å². The van der Waals surface area contributed by atoms with Crippen molar-refractivity contribution in [3.8, 4) is 0 Å². The second kappa shape index (κ2) is 6.58. The first-order valence-corrected chi connectivity index (χ1v) is 11.5. The van der Waals surface area contributed by atoms with E-state index in [0.717, 1.165) is 37.3 Å². The maximum atomic E-state index is 10.3. The van der Waals surface area contributed by atoms with Gasteiger partial charge < -0.3 is 10.0 Å². The smallest absolute Gasteiger partial charge is 0.113 e. The Morgan fingerprint density at radius 3 is 2.75 bits per heavy atom. The van der Waals surface area contributed by atoms with Crippen LogP contribution in [0.15, 0.2) is 40.7 Å². The Balaban J connectivity index is 1.50. The van der Waals surface area contributed by atoms with Gasteiger partial charge in [0, 0.05) is 23.5 Å². The normalized spacial score (nSPS) is 47.1. The van der Waals surface area contributed by atoms with Crippen LogP contribution >= 0.6 is 0 Å². The molecule has 2 saturated carbocycles. The van der Waals surface area contributed by atoms with Crippen molar-refractivity contribution in [1.29, 1.82) is 0 Å². The molecule has 5 aliphatic rings. The van der Waals surface area contributed by atoms with Crippen LogP contribution in [0.5, 0.6) is 0 Å². The summed E-state index contributed by atoms with van der Waals surface area (Å²) in [4.78, 5) is 6.89. The molecule has 28 heavy (non-hydrogen) atoms. The van der Waals surface area contributed by atoms with Gasteiger partial charge in [-0.15, -0.1) is 0 Å². The number of fused-ring (bicyclic) bond motifs is 5. The van der Waals surface area contributed by atoms with Gasteiger partial charge in [0.05, 0.1) is 6.10 Å². The van der Waals surface area contributed by atoms with E-state index in [1.54, 1.807) is 5.57 Å². The van der Waals surface area contributed by atoms with E-state index in [2.05, 4.69) is 55.1 Å². The van der Waals surface area contributed by atoms with Crippen molar-refractivity contribution in [3.63, 3.8) is 0 Å². The molecule has 3 nitrogen and oxygen atoms in total. The standard InChI is InChI=1S/C25H36N2O/c1-4-17-14-18-15-19(28)8-10-24(18,2)21-9-11-25(3)20(23(17)21)6-7-22(25)27-13-5-12-26-16-27/h5,7,12-14,17,19-21,23,28H,4,6,8-11,15-16H2,1-3H3/t17-,19+,20-,21-,23-,24-,25-/m0/s1. The van der Waals surface area contributed by atoms with Crippen LogP contribution < -0.4 is 0 Å². The first kappa shape index (κ1) is 18.7. The number of allylic oxidation sites excluding steroid dienone is 4. The lowest BCUT2D eigenvalue weighted by atomic mass is 9.45. The van der Waals surface area contributed by atoms with Gasteiger partial charge in [-0.1, -0.05) is 38.5 Å². The topological polar surface area (TPSA) is 35.8 Å². The maximum Gasteiger partial charge on any atom is 0.113 e. The van der Waals surface area contributed by atoms with E-state index in [9.17, 15) is 5.11 Å². The van der Waals surface area contributed by atoms with Crippen LogP contribution in [0.4, 0.5) is 0 Å². The Hall–Kier alpha value is -1.35. The third-order valence-corrected chi connectivity index (χ3v) is 9.26. The summed E-state index contributed by atoms with van der Waals surface area (Å²) in [6.07, 6.45) is 19.4. The molecule has 0 aromatic rings. The van der Waals surface area contributed by atoms with Crippen LogP contribution in [0, 0.1) is 34.5 Å². The summed E-state index contributed by atoms with van der Waals surface area (Å²) in [5.41, 5.74) is 3.71. The van der Waals surface area contributed by atoms with E-state index in [1.807, 2.05) is 6.21 Å². The van der Waals surface area contributed by atoms with Crippen molar-refractivity contribution in [2.45, 2.75) is 71.8 Å². The van der Waals surface area contributed by atoms with E-state index in [4.69, 9.17) is 0 Å². The summed E-state index contributed by atoms with van der Waals surface area (Å²) in [5, 5.41) is 10.3. The fourth-order valence-corrected chi connectivity index (χ4v) is 7.73. The highest BCUT2D eigenvalue weighted by Gasteiger charge is 2.59. The van der Waals surface area contributed by atoms with E-state index in [-0.39, 0.29) is 11.5 Å². The molecule has 0 radical (unpaired) electrons. The van der Waals surface area contributed by atoms with Gasteiger partial charge in [-0.25, -0.2) is 0 Å². The summed E-state index contributed by atoms with van der Waals surface area (Å²) in [7, 11) is 0. The van der Waals surface area contributed by atoms with Crippen molar-refractivity contribution in [3.05, 3.63) is 35.7 Å². The number of hydrogen-bond donors (Lipinski definition) is 1. The first-order chi connectivity index (χ1) is 13.5.